The molecule has 5 heteroatoms. The molecule has 1 amide bonds. The summed E-state index contributed by atoms with van der Waals surface area (Å²) in [7, 11) is 1.82. The van der Waals surface area contributed by atoms with Gasteiger partial charge >= 0.3 is 0 Å². The summed E-state index contributed by atoms with van der Waals surface area (Å²) in [6, 6.07) is 8.02. The van der Waals surface area contributed by atoms with Crippen molar-refractivity contribution in [3.05, 3.63) is 52.6 Å². The Bertz CT molecular complexity index is 907. The molecule has 0 atom stereocenters. The number of unbranched alkanes of at least 4 members (excludes halogenated alkanes) is 1. The molecule has 0 aliphatic rings. The van der Waals surface area contributed by atoms with E-state index in [-0.39, 0.29) is 5.91 Å². The predicted molar refractivity (Wildman–Crippen MR) is 101 cm³/mol. The molecule has 138 valence electrons. The van der Waals surface area contributed by atoms with Gasteiger partial charge in [-0.25, -0.2) is 0 Å². The van der Waals surface area contributed by atoms with Crippen LogP contribution in [0.2, 0.25) is 0 Å². The molecule has 26 heavy (non-hydrogen) atoms. The number of aryl methyl sites for hydroxylation is 3. The first-order chi connectivity index (χ1) is 12.6. The Morgan fingerprint density at radius 1 is 1.23 bits per heavy atom. The molecule has 0 fully saturated rings. The smallest absolute Gasteiger partial charge is 0.259 e. The number of nitrogens with zero attached hydrogens (tertiary/aromatic N) is 2. The van der Waals surface area contributed by atoms with Crippen LogP contribution in [-0.4, -0.2) is 23.0 Å². The number of aromatic nitrogens is 1. The van der Waals surface area contributed by atoms with Crippen LogP contribution in [0.5, 0.6) is 0 Å². The number of hydrogen-bond donors (Lipinski definition) is 0. The Balaban J connectivity index is 1.92. The minimum absolute atomic E-state index is 0.0627. The minimum Gasteiger partial charge on any atom is -0.461 e. The largest absolute Gasteiger partial charge is 0.461 e. The summed E-state index contributed by atoms with van der Waals surface area (Å²) >= 11 is 0. The summed E-state index contributed by atoms with van der Waals surface area (Å²) in [4.78, 5) is 14.7. The Morgan fingerprint density at radius 3 is 2.73 bits per heavy atom. The van der Waals surface area contributed by atoms with Gasteiger partial charge in [0, 0.05) is 31.0 Å². The van der Waals surface area contributed by atoms with E-state index < -0.39 is 0 Å². The number of carbonyl (C=O) groups excluding carboxylic acids is 1. The van der Waals surface area contributed by atoms with E-state index >= 15 is 0 Å². The van der Waals surface area contributed by atoms with Crippen molar-refractivity contribution in [1.29, 1.82) is 0 Å². The molecular weight excluding hydrogens is 328 g/mol. The lowest BCUT2D eigenvalue weighted by Gasteiger charge is -2.17. The Kier molecular flexibility index (Phi) is 5.45. The lowest BCUT2D eigenvalue weighted by molar-refractivity contribution is 0.0782. The molecule has 5 nitrogen and oxygen atoms in total. The van der Waals surface area contributed by atoms with E-state index in [1.54, 1.807) is 11.8 Å². The van der Waals surface area contributed by atoms with E-state index in [1.165, 1.54) is 0 Å². The molecule has 0 unspecified atom stereocenters. The Morgan fingerprint density at radius 2 is 2.00 bits per heavy atom. The quantitative estimate of drug-likeness (QED) is 0.605. The number of hydrogen-bond acceptors (Lipinski definition) is 4. The van der Waals surface area contributed by atoms with Crippen LogP contribution in [-0.2, 0) is 19.4 Å². The zero-order valence-electron chi connectivity index (χ0n) is 16.0. The molecule has 0 N–H and O–H groups in total. The van der Waals surface area contributed by atoms with Crippen LogP contribution in [0.1, 0.15) is 59.8 Å². The molecule has 3 rings (SSSR count). The topological polar surface area (TPSA) is 59.5 Å². The average molecular weight is 354 g/mol. The molecule has 2 heterocycles. The summed E-state index contributed by atoms with van der Waals surface area (Å²) in [6.45, 7) is 6.43. The maximum atomic E-state index is 13.0. The average Bonchev–Trinajstić information content (AvgIpc) is 3.19. The second-order valence-corrected chi connectivity index (χ2v) is 6.68. The van der Waals surface area contributed by atoms with Crippen molar-refractivity contribution in [2.75, 3.05) is 7.05 Å². The van der Waals surface area contributed by atoms with Crippen LogP contribution in [0.15, 0.2) is 33.2 Å². The number of furan rings is 1. The van der Waals surface area contributed by atoms with Gasteiger partial charge in [-0.3, -0.25) is 4.79 Å². The Hall–Kier alpha value is -2.56. The molecule has 0 aliphatic carbocycles. The molecule has 0 radical (unpaired) electrons. The van der Waals surface area contributed by atoms with E-state index in [1.807, 2.05) is 32.2 Å². The predicted octanol–water partition coefficient (Wildman–Crippen LogP) is 4.91. The summed E-state index contributed by atoms with van der Waals surface area (Å²) in [6.07, 6.45) is 3.72. The molecule has 0 saturated heterocycles. The third-order valence-electron chi connectivity index (χ3n) is 4.76. The second kappa shape index (κ2) is 7.77. The third kappa shape index (κ3) is 3.39. The maximum Gasteiger partial charge on any atom is 0.259 e. The van der Waals surface area contributed by atoms with Gasteiger partial charge in [-0.2, -0.15) is 0 Å². The summed E-state index contributed by atoms with van der Waals surface area (Å²) in [5.74, 6) is 1.49. The standard InChI is InChI=1S/C21H26N2O3/c1-5-7-11-19-16(15-10-8-9-12-18(15)25-19)13-23(4)21(24)20-14(3)26-22-17(20)6-2/h8-10,12H,5-7,11,13H2,1-4H3. The molecule has 0 saturated carbocycles. The van der Waals surface area contributed by atoms with Gasteiger partial charge in [-0.15, -0.1) is 0 Å². The van der Waals surface area contributed by atoms with E-state index in [0.29, 0.717) is 30.0 Å². The van der Waals surface area contributed by atoms with Crippen molar-refractivity contribution < 1.29 is 13.7 Å². The zero-order chi connectivity index (χ0) is 18.7. The van der Waals surface area contributed by atoms with Gasteiger partial charge in [0.25, 0.3) is 5.91 Å². The van der Waals surface area contributed by atoms with Gasteiger partial charge in [0.15, 0.2) is 0 Å². The lowest BCUT2D eigenvalue weighted by Crippen LogP contribution is -2.27. The van der Waals surface area contributed by atoms with Crippen LogP contribution in [0.3, 0.4) is 0 Å². The van der Waals surface area contributed by atoms with Crippen molar-refractivity contribution in [3.8, 4) is 0 Å². The number of fused-ring (bicyclic) bond motifs is 1. The monoisotopic (exact) mass is 354 g/mol. The molecule has 2 aromatic heterocycles. The van der Waals surface area contributed by atoms with E-state index in [2.05, 4.69) is 18.1 Å². The molecule has 1 aromatic carbocycles. The summed E-state index contributed by atoms with van der Waals surface area (Å²) in [5.41, 5.74) is 3.27. The van der Waals surface area contributed by atoms with Gasteiger partial charge < -0.3 is 13.8 Å². The van der Waals surface area contributed by atoms with Crippen molar-refractivity contribution >= 4 is 16.9 Å². The fraction of sp³-hybridized carbons (Fsp3) is 0.429. The number of benzene rings is 1. The normalized spacial score (nSPS) is 11.2. The highest BCUT2D eigenvalue weighted by molar-refractivity contribution is 5.96. The highest BCUT2D eigenvalue weighted by Crippen LogP contribution is 2.29. The summed E-state index contributed by atoms with van der Waals surface area (Å²) < 4.78 is 11.3. The third-order valence-corrected chi connectivity index (χ3v) is 4.76. The second-order valence-electron chi connectivity index (χ2n) is 6.68. The molecule has 0 aliphatic heterocycles. The van der Waals surface area contributed by atoms with Crippen molar-refractivity contribution in [3.63, 3.8) is 0 Å². The molecule has 0 bridgehead atoms. The summed E-state index contributed by atoms with van der Waals surface area (Å²) in [5, 5.41) is 5.08. The fourth-order valence-electron chi connectivity index (χ4n) is 3.30. The van der Waals surface area contributed by atoms with Crippen molar-refractivity contribution in [1.82, 2.24) is 10.1 Å². The van der Waals surface area contributed by atoms with Crippen LogP contribution in [0, 0.1) is 6.92 Å². The zero-order valence-corrected chi connectivity index (χ0v) is 16.0. The van der Waals surface area contributed by atoms with Crippen LogP contribution in [0.4, 0.5) is 0 Å². The Labute approximate surface area is 154 Å². The van der Waals surface area contributed by atoms with Gasteiger partial charge in [-0.1, -0.05) is 43.6 Å². The number of carbonyl (C=O) groups is 1. The highest BCUT2D eigenvalue weighted by Gasteiger charge is 2.24. The number of para-hydroxylation sites is 1. The van der Waals surface area contributed by atoms with Gasteiger partial charge in [0.1, 0.15) is 22.7 Å². The van der Waals surface area contributed by atoms with Crippen LogP contribution in [0.25, 0.3) is 11.0 Å². The lowest BCUT2D eigenvalue weighted by atomic mass is 10.1. The first-order valence-electron chi connectivity index (χ1n) is 9.26. The van der Waals surface area contributed by atoms with Gasteiger partial charge in [-0.05, 0) is 25.8 Å². The van der Waals surface area contributed by atoms with Gasteiger partial charge in [0.2, 0.25) is 0 Å². The maximum absolute atomic E-state index is 13.0. The first-order valence-corrected chi connectivity index (χ1v) is 9.26. The van der Waals surface area contributed by atoms with Crippen LogP contribution >= 0.6 is 0 Å². The van der Waals surface area contributed by atoms with Gasteiger partial charge in [0.05, 0.1) is 5.69 Å². The molecule has 0 spiro atoms. The van der Waals surface area contributed by atoms with E-state index in [9.17, 15) is 4.79 Å². The van der Waals surface area contributed by atoms with E-state index in [4.69, 9.17) is 8.94 Å². The van der Waals surface area contributed by atoms with Crippen molar-refractivity contribution in [2.45, 2.75) is 53.0 Å². The molecular formula is C21H26N2O3. The fourth-order valence-corrected chi connectivity index (χ4v) is 3.30. The van der Waals surface area contributed by atoms with E-state index in [0.717, 1.165) is 41.6 Å². The highest BCUT2D eigenvalue weighted by atomic mass is 16.5. The first kappa shape index (κ1) is 18.2. The molecule has 3 aromatic rings. The number of rotatable bonds is 7. The van der Waals surface area contributed by atoms with Crippen molar-refractivity contribution in [2.24, 2.45) is 0 Å². The SMILES string of the molecule is CCCCc1oc2ccccc2c1CN(C)C(=O)c1c(CC)noc1C. The minimum atomic E-state index is -0.0627. The number of amides is 1. The van der Waals surface area contributed by atoms with Crippen LogP contribution < -0.4 is 0 Å².